The van der Waals surface area contributed by atoms with Crippen molar-refractivity contribution in [3.8, 4) is 0 Å². The first-order chi connectivity index (χ1) is 12.1. The third-order valence-electron chi connectivity index (χ3n) is 6.22. The van der Waals surface area contributed by atoms with Gasteiger partial charge in [-0.25, -0.2) is 0 Å². The number of carbonyl (C=O) groups excluding carboxylic acids is 1. The van der Waals surface area contributed by atoms with Crippen LogP contribution in [0.15, 0.2) is 0 Å². The highest BCUT2D eigenvalue weighted by Crippen LogP contribution is 2.30. The maximum atomic E-state index is 12.4. The highest BCUT2D eigenvalue weighted by atomic mass is 16.1. The predicted molar refractivity (Wildman–Crippen MR) is 101 cm³/mol. The number of carbonyl (C=O) groups is 1. The van der Waals surface area contributed by atoms with Crippen molar-refractivity contribution in [3.63, 3.8) is 0 Å². The van der Waals surface area contributed by atoms with Gasteiger partial charge >= 0.3 is 0 Å². The number of nitrogens with zero attached hydrogens (tertiary/aromatic N) is 3. The Kier molecular flexibility index (Phi) is 6.15. The maximum absolute atomic E-state index is 12.4. The average Bonchev–Trinajstić information content (AvgIpc) is 2.91. The monoisotopic (exact) mass is 346 g/mol. The van der Waals surface area contributed by atoms with E-state index in [1.54, 1.807) is 0 Å². The number of hydrogen-bond donors (Lipinski definition) is 1. The van der Waals surface area contributed by atoms with E-state index in [0.29, 0.717) is 18.4 Å². The zero-order chi connectivity index (χ0) is 17.8. The number of amides is 1. The molecular formula is C20H34N4O. The van der Waals surface area contributed by atoms with Gasteiger partial charge in [0.25, 0.3) is 0 Å². The van der Waals surface area contributed by atoms with E-state index in [4.69, 9.17) is 0 Å². The van der Waals surface area contributed by atoms with Crippen molar-refractivity contribution >= 4 is 5.91 Å². The van der Waals surface area contributed by atoms with E-state index in [2.05, 4.69) is 29.2 Å². The third-order valence-corrected chi connectivity index (χ3v) is 6.22. The molecule has 2 fully saturated rings. The molecule has 0 aliphatic carbocycles. The fourth-order valence-electron chi connectivity index (χ4n) is 4.79. The fourth-order valence-corrected chi connectivity index (χ4v) is 4.79. The molecule has 3 rings (SSSR count). The van der Waals surface area contributed by atoms with Crippen LogP contribution in [0.25, 0.3) is 0 Å². The molecule has 0 radical (unpaired) electrons. The van der Waals surface area contributed by atoms with E-state index >= 15 is 0 Å². The zero-order valence-electron chi connectivity index (χ0n) is 16.2. The summed E-state index contributed by atoms with van der Waals surface area (Å²) in [5, 5.41) is 7.77. The fraction of sp³-hybridized carbons (Fsp3) is 0.800. The second kappa shape index (κ2) is 8.35. The van der Waals surface area contributed by atoms with Crippen LogP contribution in [0, 0.1) is 19.8 Å². The highest BCUT2D eigenvalue weighted by molar-refractivity contribution is 5.76. The van der Waals surface area contributed by atoms with Gasteiger partial charge in [0.2, 0.25) is 5.91 Å². The van der Waals surface area contributed by atoms with Crippen LogP contribution in [0.4, 0.5) is 0 Å². The summed E-state index contributed by atoms with van der Waals surface area (Å²) in [7, 11) is 0. The van der Waals surface area contributed by atoms with Crippen LogP contribution in [-0.4, -0.2) is 46.3 Å². The normalized spacial score (nSPS) is 24.1. The van der Waals surface area contributed by atoms with Crippen LogP contribution < -0.4 is 5.32 Å². The Morgan fingerprint density at radius 1 is 1.20 bits per heavy atom. The average molecular weight is 347 g/mol. The molecule has 1 amide bonds. The predicted octanol–water partition coefficient (Wildman–Crippen LogP) is 2.83. The standard InChI is InChI=1S/C20H34N4O/c1-4-24-16(3)18(15(2)22-24)10-11-20(25)21-14-17-8-7-13-23-12-6-5-9-19(17)23/h17,19H,4-14H2,1-3H3,(H,21,25). The van der Waals surface area contributed by atoms with Crippen LogP contribution in [0.1, 0.15) is 62.4 Å². The Morgan fingerprint density at radius 3 is 2.76 bits per heavy atom. The maximum Gasteiger partial charge on any atom is 0.220 e. The number of nitrogens with one attached hydrogen (secondary N) is 1. The van der Waals surface area contributed by atoms with Crippen LogP contribution in [0.5, 0.6) is 0 Å². The Bertz CT molecular complexity index is 593. The van der Waals surface area contributed by atoms with Gasteiger partial charge < -0.3 is 10.2 Å². The topological polar surface area (TPSA) is 50.2 Å². The van der Waals surface area contributed by atoms with Gasteiger partial charge in [0.05, 0.1) is 5.69 Å². The van der Waals surface area contributed by atoms with Crippen LogP contribution >= 0.6 is 0 Å². The van der Waals surface area contributed by atoms with Crippen molar-refractivity contribution in [1.82, 2.24) is 20.0 Å². The zero-order valence-corrected chi connectivity index (χ0v) is 16.2. The molecule has 1 aromatic rings. The van der Waals surface area contributed by atoms with Gasteiger partial charge in [0.1, 0.15) is 0 Å². The molecular weight excluding hydrogens is 312 g/mol. The summed E-state index contributed by atoms with van der Waals surface area (Å²) < 4.78 is 2.03. The van der Waals surface area contributed by atoms with Gasteiger partial charge in [0, 0.05) is 31.2 Å². The van der Waals surface area contributed by atoms with E-state index in [9.17, 15) is 4.79 Å². The summed E-state index contributed by atoms with van der Waals surface area (Å²) in [4.78, 5) is 15.0. The first kappa shape index (κ1) is 18.4. The van der Waals surface area contributed by atoms with E-state index < -0.39 is 0 Å². The van der Waals surface area contributed by atoms with Gasteiger partial charge in [0.15, 0.2) is 0 Å². The van der Waals surface area contributed by atoms with Crippen molar-refractivity contribution in [2.24, 2.45) is 5.92 Å². The minimum Gasteiger partial charge on any atom is -0.356 e. The first-order valence-electron chi connectivity index (χ1n) is 10.1. The van der Waals surface area contributed by atoms with E-state index in [-0.39, 0.29) is 5.91 Å². The molecule has 140 valence electrons. The highest BCUT2D eigenvalue weighted by Gasteiger charge is 2.32. The van der Waals surface area contributed by atoms with Gasteiger partial charge in [-0.15, -0.1) is 0 Å². The molecule has 25 heavy (non-hydrogen) atoms. The number of piperidine rings is 2. The summed E-state index contributed by atoms with van der Waals surface area (Å²) >= 11 is 0. The van der Waals surface area contributed by atoms with Crippen LogP contribution in [-0.2, 0) is 17.8 Å². The second-order valence-electron chi connectivity index (χ2n) is 7.77. The second-order valence-corrected chi connectivity index (χ2v) is 7.77. The van der Waals surface area contributed by atoms with Crippen molar-refractivity contribution in [2.45, 2.75) is 78.3 Å². The molecule has 0 bridgehead atoms. The summed E-state index contributed by atoms with van der Waals surface area (Å²) in [6.45, 7) is 10.5. The van der Waals surface area contributed by atoms with Gasteiger partial charge in [-0.05, 0) is 77.4 Å². The lowest BCUT2D eigenvalue weighted by Crippen LogP contribution is -2.51. The largest absolute Gasteiger partial charge is 0.356 e. The van der Waals surface area contributed by atoms with Crippen LogP contribution in [0.3, 0.4) is 0 Å². The number of hydrogen-bond acceptors (Lipinski definition) is 3. The Labute approximate surface area is 152 Å². The Morgan fingerprint density at radius 2 is 2.00 bits per heavy atom. The summed E-state index contributed by atoms with van der Waals surface area (Å²) in [6, 6.07) is 0.704. The number of aryl methyl sites for hydroxylation is 2. The molecule has 5 heteroatoms. The molecule has 2 atom stereocenters. The lowest BCUT2D eigenvalue weighted by molar-refractivity contribution is -0.121. The molecule has 2 saturated heterocycles. The van der Waals surface area contributed by atoms with Gasteiger partial charge in [-0.3, -0.25) is 9.48 Å². The first-order valence-corrected chi connectivity index (χ1v) is 10.1. The SMILES string of the molecule is CCn1nc(C)c(CCC(=O)NCC2CCCN3CCCCC23)c1C. The van der Waals surface area contributed by atoms with Gasteiger partial charge in [-0.2, -0.15) is 5.10 Å². The molecule has 2 aliphatic heterocycles. The number of fused-ring (bicyclic) bond motifs is 1. The van der Waals surface area contributed by atoms with Crippen molar-refractivity contribution in [1.29, 1.82) is 0 Å². The molecule has 0 saturated carbocycles. The number of rotatable bonds is 6. The third kappa shape index (κ3) is 4.25. The van der Waals surface area contributed by atoms with Crippen molar-refractivity contribution < 1.29 is 4.79 Å². The molecule has 1 N–H and O–H groups in total. The smallest absolute Gasteiger partial charge is 0.220 e. The summed E-state index contributed by atoms with van der Waals surface area (Å²) in [5.74, 6) is 0.834. The quantitative estimate of drug-likeness (QED) is 0.862. The Balaban J connectivity index is 1.47. The minimum atomic E-state index is 0.191. The lowest BCUT2D eigenvalue weighted by atomic mass is 9.83. The molecule has 3 heterocycles. The van der Waals surface area contributed by atoms with E-state index in [0.717, 1.165) is 25.2 Å². The summed E-state index contributed by atoms with van der Waals surface area (Å²) in [6.07, 6.45) is 7.93. The number of aromatic nitrogens is 2. The molecule has 0 aromatic carbocycles. The van der Waals surface area contributed by atoms with Crippen molar-refractivity contribution in [2.75, 3.05) is 19.6 Å². The molecule has 2 aliphatic rings. The Hall–Kier alpha value is -1.36. The minimum absolute atomic E-state index is 0.191. The summed E-state index contributed by atoms with van der Waals surface area (Å²) in [5.41, 5.74) is 3.52. The molecule has 1 aromatic heterocycles. The molecule has 5 nitrogen and oxygen atoms in total. The van der Waals surface area contributed by atoms with Gasteiger partial charge in [-0.1, -0.05) is 6.42 Å². The lowest BCUT2D eigenvalue weighted by Gasteiger charge is -2.44. The van der Waals surface area contributed by atoms with Crippen molar-refractivity contribution in [3.05, 3.63) is 17.0 Å². The molecule has 2 unspecified atom stereocenters. The molecule has 0 spiro atoms. The van der Waals surface area contributed by atoms with E-state index in [1.165, 1.54) is 56.5 Å². The van der Waals surface area contributed by atoms with E-state index in [1.807, 2.05) is 11.6 Å². The van der Waals surface area contributed by atoms with Crippen LogP contribution in [0.2, 0.25) is 0 Å².